The number of rotatable bonds is 2. The number of cyclic esters (lactones) is 1. The van der Waals surface area contributed by atoms with E-state index in [1.54, 1.807) is 0 Å². The van der Waals surface area contributed by atoms with Gasteiger partial charge in [-0.05, 0) is 50.5 Å². The summed E-state index contributed by atoms with van der Waals surface area (Å²) in [6.45, 7) is 7.44. The van der Waals surface area contributed by atoms with Gasteiger partial charge in [-0.3, -0.25) is 14.5 Å². The topological polar surface area (TPSA) is 55.8 Å². The summed E-state index contributed by atoms with van der Waals surface area (Å²) in [5.41, 5.74) is 0. The summed E-state index contributed by atoms with van der Waals surface area (Å²) in [7, 11) is 0. The minimum atomic E-state index is -0.0294. The number of nitrogens with zero attached hydrogens (tertiary/aromatic N) is 1. The monoisotopic (exact) mass is 375 g/mol. The molecule has 5 heteroatoms. The normalized spacial score (nSPS) is 52.1. The van der Waals surface area contributed by atoms with Crippen molar-refractivity contribution in [1.29, 1.82) is 0 Å². The van der Waals surface area contributed by atoms with Crippen molar-refractivity contribution in [1.82, 2.24) is 4.90 Å². The third-order valence-electron chi connectivity index (χ3n) is 8.61. The van der Waals surface area contributed by atoms with Crippen molar-refractivity contribution >= 4 is 11.9 Å². The number of carbonyl (C=O) groups excluding carboxylic acids is 2. The molecule has 1 aliphatic carbocycles. The van der Waals surface area contributed by atoms with Gasteiger partial charge in [0.1, 0.15) is 12.2 Å². The van der Waals surface area contributed by atoms with Gasteiger partial charge in [0, 0.05) is 23.9 Å². The minimum absolute atomic E-state index is 0.00362. The molecular weight excluding hydrogens is 342 g/mol. The van der Waals surface area contributed by atoms with Gasteiger partial charge in [-0.15, -0.1) is 0 Å². The highest BCUT2D eigenvalue weighted by Crippen LogP contribution is 2.57. The van der Waals surface area contributed by atoms with E-state index in [1.807, 2.05) is 6.92 Å². The summed E-state index contributed by atoms with van der Waals surface area (Å²) in [5, 5.41) is 0. The molecule has 0 bridgehead atoms. The number of carbonyl (C=O) groups is 2. The SMILES string of the molecule is CC[C@@H]1[C@@H]2CCCCN3[C@H]2[C@H](C[C@H]3[C@@H]2C[C@H](C)C(=O)O2)[C@H]2[C@@H]1OC(=O)[C@H]2C. The van der Waals surface area contributed by atoms with Crippen LogP contribution >= 0.6 is 0 Å². The van der Waals surface area contributed by atoms with E-state index in [-0.39, 0.29) is 36.0 Å². The molecule has 5 nitrogen and oxygen atoms in total. The van der Waals surface area contributed by atoms with Crippen LogP contribution in [0.3, 0.4) is 0 Å². The average molecular weight is 376 g/mol. The van der Waals surface area contributed by atoms with Crippen LogP contribution in [0.2, 0.25) is 0 Å². The van der Waals surface area contributed by atoms with Gasteiger partial charge in [0.05, 0.1) is 11.8 Å². The van der Waals surface area contributed by atoms with Crippen LogP contribution in [-0.2, 0) is 19.1 Å². The Morgan fingerprint density at radius 1 is 1.04 bits per heavy atom. The molecule has 0 unspecified atom stereocenters. The molecule has 0 aromatic heterocycles. The molecule has 150 valence electrons. The van der Waals surface area contributed by atoms with E-state index < -0.39 is 0 Å². The second-order valence-electron chi connectivity index (χ2n) is 9.81. The minimum Gasteiger partial charge on any atom is -0.462 e. The van der Waals surface area contributed by atoms with Crippen LogP contribution in [0.5, 0.6) is 0 Å². The molecular formula is C22H33NO4. The van der Waals surface area contributed by atoms with Gasteiger partial charge in [-0.25, -0.2) is 0 Å². The Kier molecular flexibility index (Phi) is 4.30. The third-order valence-corrected chi connectivity index (χ3v) is 8.61. The van der Waals surface area contributed by atoms with E-state index in [9.17, 15) is 9.59 Å². The van der Waals surface area contributed by atoms with Crippen LogP contribution < -0.4 is 0 Å². The Morgan fingerprint density at radius 2 is 1.85 bits per heavy atom. The van der Waals surface area contributed by atoms with Gasteiger partial charge in [0.25, 0.3) is 0 Å². The lowest BCUT2D eigenvalue weighted by atomic mass is 9.60. The Morgan fingerprint density at radius 3 is 2.56 bits per heavy atom. The Balaban J connectivity index is 1.51. The van der Waals surface area contributed by atoms with Gasteiger partial charge in [-0.1, -0.05) is 27.2 Å². The van der Waals surface area contributed by atoms with Gasteiger partial charge in [0.15, 0.2) is 0 Å². The zero-order chi connectivity index (χ0) is 18.9. The van der Waals surface area contributed by atoms with Crippen LogP contribution in [-0.4, -0.2) is 47.7 Å². The van der Waals surface area contributed by atoms with E-state index in [0.29, 0.717) is 35.8 Å². The Bertz CT molecular complexity index is 636. The van der Waals surface area contributed by atoms with Gasteiger partial charge >= 0.3 is 11.9 Å². The maximum absolute atomic E-state index is 12.5. The Labute approximate surface area is 162 Å². The largest absolute Gasteiger partial charge is 0.462 e. The van der Waals surface area contributed by atoms with Gasteiger partial charge in [0.2, 0.25) is 0 Å². The standard InChI is InChI=1S/C22H33NO4/c1-4-13-14-7-5-6-8-23-16(17-9-11(2)21(24)26-17)10-15(19(14)23)18-12(3)22(25)27-20(13)18/h11-20H,4-10H2,1-3H3/t11-,12-,13+,14-,15+,16-,17-,18-,19+,20+/m0/s1. The maximum Gasteiger partial charge on any atom is 0.309 e. The van der Waals surface area contributed by atoms with Crippen molar-refractivity contribution in [2.24, 2.45) is 35.5 Å². The summed E-state index contributed by atoms with van der Waals surface area (Å²) in [4.78, 5) is 27.3. The molecule has 5 rings (SSSR count). The molecule has 5 fully saturated rings. The Hall–Kier alpha value is -1.10. The smallest absolute Gasteiger partial charge is 0.309 e. The number of esters is 2. The summed E-state index contributed by atoms with van der Waals surface area (Å²) >= 11 is 0. The van der Waals surface area contributed by atoms with E-state index in [0.717, 1.165) is 25.8 Å². The quantitative estimate of drug-likeness (QED) is 0.695. The zero-order valence-corrected chi connectivity index (χ0v) is 16.8. The van der Waals surface area contributed by atoms with Crippen LogP contribution in [0.25, 0.3) is 0 Å². The van der Waals surface area contributed by atoms with E-state index in [2.05, 4.69) is 18.7 Å². The molecule has 0 amide bonds. The molecule has 0 aromatic carbocycles. The number of hydrogen-bond donors (Lipinski definition) is 0. The molecule has 0 radical (unpaired) electrons. The summed E-state index contributed by atoms with van der Waals surface area (Å²) in [6.07, 6.45) is 6.87. The summed E-state index contributed by atoms with van der Waals surface area (Å²) < 4.78 is 11.8. The van der Waals surface area contributed by atoms with Crippen molar-refractivity contribution < 1.29 is 19.1 Å². The van der Waals surface area contributed by atoms with Crippen molar-refractivity contribution in [2.45, 2.75) is 83.6 Å². The summed E-state index contributed by atoms with van der Waals surface area (Å²) in [5.74, 6) is 1.94. The molecule has 0 spiro atoms. The van der Waals surface area contributed by atoms with Crippen molar-refractivity contribution in [3.8, 4) is 0 Å². The fourth-order valence-corrected chi connectivity index (χ4v) is 7.48. The molecule has 4 heterocycles. The predicted octanol–water partition coefficient (Wildman–Crippen LogP) is 3.01. The highest BCUT2D eigenvalue weighted by molar-refractivity contribution is 5.75. The van der Waals surface area contributed by atoms with Crippen molar-refractivity contribution in [2.75, 3.05) is 6.54 Å². The fourth-order valence-electron chi connectivity index (χ4n) is 7.48. The van der Waals surface area contributed by atoms with Crippen molar-refractivity contribution in [3.05, 3.63) is 0 Å². The first-order valence-corrected chi connectivity index (χ1v) is 11.2. The lowest BCUT2D eigenvalue weighted by Gasteiger charge is -2.48. The van der Waals surface area contributed by atoms with E-state index in [1.165, 1.54) is 19.3 Å². The van der Waals surface area contributed by atoms with Gasteiger partial charge < -0.3 is 9.47 Å². The fraction of sp³-hybridized carbons (Fsp3) is 0.909. The average Bonchev–Trinajstić information content (AvgIpc) is 3.20. The molecule has 10 atom stereocenters. The molecule has 0 aromatic rings. The van der Waals surface area contributed by atoms with E-state index in [4.69, 9.17) is 9.47 Å². The maximum atomic E-state index is 12.5. The predicted molar refractivity (Wildman–Crippen MR) is 99.7 cm³/mol. The highest BCUT2D eigenvalue weighted by atomic mass is 16.6. The molecule has 4 aliphatic heterocycles. The second-order valence-corrected chi connectivity index (χ2v) is 9.81. The van der Waals surface area contributed by atoms with Crippen LogP contribution in [0.4, 0.5) is 0 Å². The summed E-state index contributed by atoms with van der Waals surface area (Å²) in [6, 6.07) is 0.865. The van der Waals surface area contributed by atoms with Crippen LogP contribution in [0.15, 0.2) is 0 Å². The number of ether oxygens (including phenoxy) is 2. The first-order valence-electron chi connectivity index (χ1n) is 11.2. The van der Waals surface area contributed by atoms with Gasteiger partial charge in [-0.2, -0.15) is 0 Å². The third kappa shape index (κ3) is 2.53. The van der Waals surface area contributed by atoms with Crippen LogP contribution in [0.1, 0.15) is 59.3 Å². The zero-order valence-electron chi connectivity index (χ0n) is 16.8. The first-order chi connectivity index (χ1) is 13.0. The first kappa shape index (κ1) is 18.0. The van der Waals surface area contributed by atoms with Crippen molar-refractivity contribution in [3.63, 3.8) is 0 Å². The molecule has 5 aliphatic rings. The molecule has 4 saturated heterocycles. The number of hydrogen-bond acceptors (Lipinski definition) is 5. The van der Waals surface area contributed by atoms with E-state index >= 15 is 0 Å². The second kappa shape index (κ2) is 6.47. The van der Waals surface area contributed by atoms with Crippen LogP contribution in [0, 0.1) is 35.5 Å². The lowest BCUT2D eigenvalue weighted by molar-refractivity contribution is -0.148. The molecule has 1 saturated carbocycles. The molecule has 27 heavy (non-hydrogen) atoms. The highest BCUT2D eigenvalue weighted by Gasteiger charge is 2.63. The molecule has 0 N–H and O–H groups in total. The lowest BCUT2D eigenvalue weighted by Crippen LogP contribution is -2.54. The number of fused-ring (bicyclic) bond motifs is 2.